The lowest BCUT2D eigenvalue weighted by atomic mass is 9.89. The quantitative estimate of drug-likeness (QED) is 0.745. The number of carbonyl (C=O) groups excluding carboxylic acids is 1. The first-order chi connectivity index (χ1) is 13.3. The number of nitrogens with one attached hydrogen (secondary N) is 1. The van der Waals surface area contributed by atoms with Gasteiger partial charge < -0.3 is 9.84 Å². The summed E-state index contributed by atoms with van der Waals surface area (Å²) in [5.74, 6) is 2.61. The molecule has 0 aromatic carbocycles. The summed E-state index contributed by atoms with van der Waals surface area (Å²) >= 11 is 0. The van der Waals surface area contributed by atoms with Crippen LogP contribution in [0.1, 0.15) is 62.5 Å². The largest absolute Gasteiger partial charge is 0.349 e. The van der Waals surface area contributed by atoms with Crippen molar-refractivity contribution < 1.29 is 9.32 Å². The fourth-order valence-corrected chi connectivity index (χ4v) is 3.78. The number of aromatic nitrogens is 5. The van der Waals surface area contributed by atoms with Crippen LogP contribution in [0, 0.1) is 5.92 Å². The summed E-state index contributed by atoms with van der Waals surface area (Å²) < 4.78 is 7.31. The van der Waals surface area contributed by atoms with Gasteiger partial charge in [0.2, 0.25) is 5.91 Å². The molecule has 2 fully saturated rings. The van der Waals surface area contributed by atoms with Crippen molar-refractivity contribution in [1.82, 2.24) is 30.1 Å². The fourth-order valence-electron chi connectivity index (χ4n) is 3.78. The number of hydrogen-bond donors (Lipinski definition) is 1. The minimum atomic E-state index is 0.119. The zero-order valence-electron chi connectivity index (χ0n) is 15.1. The maximum atomic E-state index is 12.4. The third-order valence-corrected chi connectivity index (χ3v) is 5.52. The second-order valence-electron chi connectivity index (χ2n) is 7.52. The molecule has 3 aromatic heterocycles. The van der Waals surface area contributed by atoms with Crippen molar-refractivity contribution in [2.45, 2.75) is 57.4 Å². The van der Waals surface area contributed by atoms with E-state index in [-0.39, 0.29) is 11.8 Å². The number of rotatable bonds is 5. The maximum absolute atomic E-state index is 12.4. The summed E-state index contributed by atoms with van der Waals surface area (Å²) in [7, 11) is 0. The van der Waals surface area contributed by atoms with Crippen molar-refractivity contribution in [3.05, 3.63) is 30.0 Å². The van der Waals surface area contributed by atoms with Gasteiger partial charge in [0.1, 0.15) is 0 Å². The zero-order valence-corrected chi connectivity index (χ0v) is 15.1. The van der Waals surface area contributed by atoms with E-state index in [1.54, 1.807) is 0 Å². The van der Waals surface area contributed by atoms with E-state index in [1.165, 1.54) is 6.42 Å². The van der Waals surface area contributed by atoms with Gasteiger partial charge in [0.25, 0.3) is 5.89 Å². The Kier molecular flexibility index (Phi) is 4.10. The number of pyridine rings is 1. The van der Waals surface area contributed by atoms with Crippen LogP contribution in [0.4, 0.5) is 0 Å². The molecule has 140 valence electrons. The van der Waals surface area contributed by atoms with Crippen molar-refractivity contribution in [1.29, 1.82) is 0 Å². The molecule has 0 saturated heterocycles. The molecular formula is C19H22N6O2. The smallest absolute Gasteiger partial charge is 0.261 e. The van der Waals surface area contributed by atoms with Crippen LogP contribution in [0.5, 0.6) is 0 Å². The number of nitrogens with zero attached hydrogens (tertiary/aromatic N) is 5. The molecule has 8 nitrogen and oxygen atoms in total. The molecule has 2 saturated carbocycles. The Morgan fingerprint density at radius 2 is 2.04 bits per heavy atom. The molecule has 0 unspecified atom stereocenters. The summed E-state index contributed by atoms with van der Waals surface area (Å²) in [6, 6.07) is 3.80. The molecule has 5 rings (SSSR count). The minimum absolute atomic E-state index is 0.119. The van der Waals surface area contributed by atoms with Gasteiger partial charge in [0.15, 0.2) is 17.3 Å². The summed E-state index contributed by atoms with van der Waals surface area (Å²) in [6.07, 6.45) is 9.62. The standard InChI is InChI=1S/C19H22N6O2/c26-18(13-5-2-1-3-6-13)20-11-15-22-23-17-14(7-4-10-25(15)17)19-21-16(24-27-19)12-8-9-12/h4,7,10,12-13H,1-3,5-6,8-9,11H2,(H,20,26). The molecule has 8 heteroatoms. The van der Waals surface area contributed by atoms with Crippen LogP contribution < -0.4 is 5.32 Å². The monoisotopic (exact) mass is 366 g/mol. The Bertz CT molecular complexity index is 968. The number of hydrogen-bond acceptors (Lipinski definition) is 6. The second-order valence-corrected chi connectivity index (χ2v) is 7.52. The molecule has 0 aliphatic heterocycles. The van der Waals surface area contributed by atoms with E-state index in [9.17, 15) is 4.79 Å². The van der Waals surface area contributed by atoms with Gasteiger partial charge in [-0.05, 0) is 37.8 Å². The third-order valence-electron chi connectivity index (χ3n) is 5.52. The van der Waals surface area contributed by atoms with Gasteiger partial charge >= 0.3 is 0 Å². The Hall–Kier alpha value is -2.77. The molecule has 1 N–H and O–H groups in total. The Labute approximate surface area is 156 Å². The normalized spacial score (nSPS) is 18.1. The maximum Gasteiger partial charge on any atom is 0.261 e. The average molecular weight is 366 g/mol. The van der Waals surface area contributed by atoms with E-state index < -0.39 is 0 Å². The van der Waals surface area contributed by atoms with E-state index >= 15 is 0 Å². The molecule has 27 heavy (non-hydrogen) atoms. The summed E-state index contributed by atoms with van der Waals surface area (Å²) in [5, 5.41) is 15.6. The van der Waals surface area contributed by atoms with Crippen molar-refractivity contribution >= 4 is 11.6 Å². The van der Waals surface area contributed by atoms with E-state index in [2.05, 4.69) is 25.7 Å². The summed E-state index contributed by atoms with van der Waals surface area (Å²) in [6.45, 7) is 0.358. The number of fused-ring (bicyclic) bond motifs is 1. The van der Waals surface area contributed by atoms with E-state index in [1.807, 2.05) is 22.7 Å². The first-order valence-electron chi connectivity index (χ1n) is 9.74. The van der Waals surface area contributed by atoms with Crippen LogP contribution >= 0.6 is 0 Å². The highest BCUT2D eigenvalue weighted by Gasteiger charge is 2.29. The van der Waals surface area contributed by atoms with Crippen molar-refractivity contribution in [3.8, 4) is 11.5 Å². The average Bonchev–Trinajstić information content (AvgIpc) is 3.30. The summed E-state index contributed by atoms with van der Waals surface area (Å²) in [4.78, 5) is 16.9. The molecule has 0 radical (unpaired) electrons. The van der Waals surface area contributed by atoms with Crippen molar-refractivity contribution in [3.63, 3.8) is 0 Å². The number of carbonyl (C=O) groups is 1. The molecule has 1 amide bonds. The number of amides is 1. The Morgan fingerprint density at radius 3 is 2.85 bits per heavy atom. The van der Waals surface area contributed by atoms with Crippen LogP contribution in [0.25, 0.3) is 17.1 Å². The molecule has 3 heterocycles. The molecule has 0 bridgehead atoms. The predicted octanol–water partition coefficient (Wildman–Crippen LogP) is 2.85. The first-order valence-corrected chi connectivity index (χ1v) is 9.74. The zero-order chi connectivity index (χ0) is 18.2. The van der Waals surface area contributed by atoms with Crippen LogP contribution in [0.15, 0.2) is 22.9 Å². The highest BCUT2D eigenvalue weighted by Crippen LogP contribution is 2.39. The minimum Gasteiger partial charge on any atom is -0.349 e. The van der Waals surface area contributed by atoms with Crippen LogP contribution in [0.2, 0.25) is 0 Å². The van der Waals surface area contributed by atoms with Gasteiger partial charge in [-0.2, -0.15) is 4.98 Å². The van der Waals surface area contributed by atoms with Gasteiger partial charge in [0, 0.05) is 18.0 Å². The van der Waals surface area contributed by atoms with Gasteiger partial charge in [-0.25, -0.2) is 0 Å². The lowest BCUT2D eigenvalue weighted by molar-refractivity contribution is -0.126. The van der Waals surface area contributed by atoms with E-state index in [0.29, 0.717) is 29.8 Å². The highest BCUT2D eigenvalue weighted by molar-refractivity contribution is 5.78. The van der Waals surface area contributed by atoms with E-state index in [4.69, 9.17) is 4.52 Å². The molecule has 0 spiro atoms. The van der Waals surface area contributed by atoms with Crippen LogP contribution in [0.3, 0.4) is 0 Å². The van der Waals surface area contributed by atoms with Gasteiger partial charge in [0.05, 0.1) is 12.1 Å². The molecule has 2 aliphatic carbocycles. The predicted molar refractivity (Wildman–Crippen MR) is 96.7 cm³/mol. The first kappa shape index (κ1) is 16.4. The van der Waals surface area contributed by atoms with Crippen molar-refractivity contribution in [2.24, 2.45) is 5.92 Å². The van der Waals surface area contributed by atoms with Gasteiger partial charge in [-0.3, -0.25) is 9.20 Å². The fraction of sp³-hybridized carbons (Fsp3) is 0.526. The van der Waals surface area contributed by atoms with Gasteiger partial charge in [-0.15, -0.1) is 10.2 Å². The molecule has 2 aliphatic rings. The molecular weight excluding hydrogens is 344 g/mol. The van der Waals surface area contributed by atoms with Crippen LogP contribution in [-0.2, 0) is 11.3 Å². The lowest BCUT2D eigenvalue weighted by Gasteiger charge is -2.20. The molecule has 0 atom stereocenters. The third kappa shape index (κ3) is 3.20. The Morgan fingerprint density at radius 1 is 1.19 bits per heavy atom. The molecule has 3 aromatic rings. The highest BCUT2D eigenvalue weighted by atomic mass is 16.5. The summed E-state index contributed by atoms with van der Waals surface area (Å²) in [5.41, 5.74) is 1.42. The SMILES string of the molecule is O=C(NCc1nnc2c(-c3nc(C4CC4)no3)cccn12)C1CCCCC1. The topological polar surface area (TPSA) is 98.2 Å². The second kappa shape index (κ2) is 6.75. The van der Waals surface area contributed by atoms with Crippen LogP contribution in [-0.4, -0.2) is 30.6 Å². The van der Waals surface area contributed by atoms with E-state index in [0.717, 1.165) is 49.9 Å². The lowest BCUT2D eigenvalue weighted by Crippen LogP contribution is -2.32. The Balaban J connectivity index is 1.35. The van der Waals surface area contributed by atoms with Gasteiger partial charge in [-0.1, -0.05) is 24.4 Å². The van der Waals surface area contributed by atoms with Crippen molar-refractivity contribution in [2.75, 3.05) is 0 Å².